The molecule has 7 heteroatoms. The van der Waals surface area contributed by atoms with E-state index < -0.39 is 0 Å². The zero-order valence-corrected chi connectivity index (χ0v) is 10.0. The molecule has 0 spiro atoms. The van der Waals surface area contributed by atoms with Gasteiger partial charge in [-0.05, 0) is 22.0 Å². The minimum absolute atomic E-state index is 0.00193. The molecule has 6 nitrogen and oxygen atoms in total. The molecular formula is C9H9BrN4O2. The number of halogens is 1. The molecule has 2 aromatic rings. The number of fused-ring (bicyclic) bond motifs is 1. The number of anilines is 1. The van der Waals surface area contributed by atoms with Gasteiger partial charge in [-0.1, -0.05) is 0 Å². The highest BCUT2D eigenvalue weighted by molar-refractivity contribution is 9.10. The van der Waals surface area contributed by atoms with Crippen LogP contribution in [-0.4, -0.2) is 34.8 Å². The lowest BCUT2D eigenvalue weighted by atomic mass is 10.3. The number of carbonyl (C=O) groups is 1. The first-order valence-electron chi connectivity index (χ1n) is 4.49. The maximum absolute atomic E-state index is 11.3. The van der Waals surface area contributed by atoms with E-state index in [0.29, 0.717) is 11.5 Å². The van der Waals surface area contributed by atoms with Crippen molar-refractivity contribution in [3.63, 3.8) is 0 Å². The lowest BCUT2D eigenvalue weighted by Gasteiger charge is -2.01. The molecule has 0 saturated heterocycles. The Balaban J connectivity index is 2.30. The van der Waals surface area contributed by atoms with Crippen LogP contribution in [0.2, 0.25) is 0 Å². The Morgan fingerprint density at radius 1 is 1.69 bits per heavy atom. The largest absolute Gasteiger partial charge is 0.375 e. The molecule has 84 valence electrons. The number of hydrogen-bond donors (Lipinski definition) is 2. The van der Waals surface area contributed by atoms with E-state index >= 15 is 0 Å². The van der Waals surface area contributed by atoms with Crippen LogP contribution in [-0.2, 0) is 9.53 Å². The third-order valence-electron chi connectivity index (χ3n) is 1.92. The molecule has 0 unspecified atom stereocenters. The van der Waals surface area contributed by atoms with Crippen LogP contribution in [0.5, 0.6) is 0 Å². The van der Waals surface area contributed by atoms with Gasteiger partial charge < -0.3 is 10.1 Å². The molecule has 2 aromatic heterocycles. The van der Waals surface area contributed by atoms with E-state index in [2.05, 4.69) is 36.4 Å². The minimum Gasteiger partial charge on any atom is -0.375 e. The number of methoxy groups -OCH3 is 1. The molecule has 0 aromatic carbocycles. The SMILES string of the molecule is COCC(=O)Nc1[nH]nc2ncc(Br)cc12. The lowest BCUT2D eigenvalue weighted by molar-refractivity contribution is -0.119. The van der Waals surface area contributed by atoms with Crippen molar-refractivity contribution in [3.8, 4) is 0 Å². The number of H-pyrrole nitrogens is 1. The van der Waals surface area contributed by atoms with Crippen molar-refractivity contribution in [2.24, 2.45) is 0 Å². The highest BCUT2D eigenvalue weighted by Gasteiger charge is 2.09. The summed E-state index contributed by atoms with van der Waals surface area (Å²) >= 11 is 3.31. The highest BCUT2D eigenvalue weighted by atomic mass is 79.9. The van der Waals surface area contributed by atoms with Crippen LogP contribution in [0.4, 0.5) is 5.82 Å². The fourth-order valence-corrected chi connectivity index (χ4v) is 1.61. The fourth-order valence-electron chi connectivity index (χ4n) is 1.28. The van der Waals surface area contributed by atoms with Gasteiger partial charge in [0.2, 0.25) is 0 Å². The summed E-state index contributed by atoms with van der Waals surface area (Å²) in [5, 5.41) is 10.1. The Morgan fingerprint density at radius 3 is 3.25 bits per heavy atom. The Kier molecular flexibility index (Phi) is 3.16. The number of amides is 1. The molecule has 0 atom stereocenters. The maximum atomic E-state index is 11.3. The normalized spacial score (nSPS) is 10.6. The Labute approximate surface area is 99.5 Å². The van der Waals surface area contributed by atoms with E-state index in [-0.39, 0.29) is 12.5 Å². The topological polar surface area (TPSA) is 79.9 Å². The van der Waals surface area contributed by atoms with Crippen LogP contribution in [0.3, 0.4) is 0 Å². The quantitative estimate of drug-likeness (QED) is 0.891. The smallest absolute Gasteiger partial charge is 0.251 e. The second-order valence-electron chi connectivity index (χ2n) is 3.10. The number of hydrogen-bond acceptors (Lipinski definition) is 4. The summed E-state index contributed by atoms with van der Waals surface area (Å²) in [5.41, 5.74) is 0.552. The first-order chi connectivity index (χ1) is 7.70. The summed E-state index contributed by atoms with van der Waals surface area (Å²) in [7, 11) is 1.46. The molecular weight excluding hydrogens is 276 g/mol. The van der Waals surface area contributed by atoms with Crippen LogP contribution in [0, 0.1) is 0 Å². The Bertz CT molecular complexity index is 525. The van der Waals surface area contributed by atoms with Gasteiger partial charge >= 0.3 is 0 Å². The van der Waals surface area contributed by atoms with Gasteiger partial charge in [-0.2, -0.15) is 5.10 Å². The highest BCUT2D eigenvalue weighted by Crippen LogP contribution is 2.21. The number of ether oxygens (including phenoxy) is 1. The third-order valence-corrected chi connectivity index (χ3v) is 2.35. The number of nitrogens with zero attached hydrogens (tertiary/aromatic N) is 2. The van der Waals surface area contributed by atoms with Crippen LogP contribution >= 0.6 is 15.9 Å². The van der Waals surface area contributed by atoms with Crippen LogP contribution in [0.15, 0.2) is 16.7 Å². The summed E-state index contributed by atoms with van der Waals surface area (Å²) in [6, 6.07) is 1.83. The standard InChI is InChI=1S/C9H9BrN4O2/c1-16-4-7(15)12-9-6-2-5(10)3-11-8(6)13-14-9/h2-3H,4H2,1H3,(H2,11,12,13,14,15). The summed E-state index contributed by atoms with van der Waals surface area (Å²) in [4.78, 5) is 15.4. The molecule has 0 fully saturated rings. The molecule has 0 radical (unpaired) electrons. The zero-order chi connectivity index (χ0) is 11.5. The van der Waals surface area contributed by atoms with Gasteiger partial charge in [0, 0.05) is 17.8 Å². The van der Waals surface area contributed by atoms with E-state index in [9.17, 15) is 4.79 Å². The number of carbonyl (C=O) groups excluding carboxylic acids is 1. The van der Waals surface area contributed by atoms with Gasteiger partial charge in [-0.3, -0.25) is 9.89 Å². The molecule has 2 heterocycles. The van der Waals surface area contributed by atoms with E-state index in [0.717, 1.165) is 9.86 Å². The van der Waals surface area contributed by atoms with Gasteiger partial charge in [0.15, 0.2) is 5.65 Å². The molecule has 2 N–H and O–H groups in total. The number of pyridine rings is 1. The number of aromatic nitrogens is 3. The predicted octanol–water partition coefficient (Wildman–Crippen LogP) is 1.31. The Morgan fingerprint density at radius 2 is 2.50 bits per heavy atom. The third kappa shape index (κ3) is 2.20. The van der Waals surface area contributed by atoms with Crippen molar-refractivity contribution in [1.29, 1.82) is 0 Å². The summed E-state index contributed by atoms with van der Waals surface area (Å²) < 4.78 is 5.54. The van der Waals surface area contributed by atoms with Crippen molar-refractivity contribution in [3.05, 3.63) is 16.7 Å². The molecule has 0 aliphatic heterocycles. The zero-order valence-electron chi connectivity index (χ0n) is 8.45. The van der Waals surface area contributed by atoms with E-state index in [4.69, 9.17) is 4.74 Å². The minimum atomic E-state index is -0.243. The molecule has 16 heavy (non-hydrogen) atoms. The van der Waals surface area contributed by atoms with Crippen molar-refractivity contribution in [1.82, 2.24) is 15.2 Å². The molecule has 1 amide bonds. The van der Waals surface area contributed by atoms with Crippen LogP contribution in [0.1, 0.15) is 0 Å². The number of rotatable bonds is 3. The summed E-state index contributed by atoms with van der Waals surface area (Å²) in [6.07, 6.45) is 1.64. The van der Waals surface area contributed by atoms with Crippen molar-refractivity contribution in [2.75, 3.05) is 19.0 Å². The molecule has 2 rings (SSSR count). The Hall–Kier alpha value is -1.47. The van der Waals surface area contributed by atoms with Crippen LogP contribution in [0.25, 0.3) is 11.0 Å². The van der Waals surface area contributed by atoms with Gasteiger partial charge in [0.05, 0.1) is 5.39 Å². The van der Waals surface area contributed by atoms with Crippen molar-refractivity contribution < 1.29 is 9.53 Å². The predicted molar refractivity (Wildman–Crippen MR) is 62.1 cm³/mol. The molecule has 0 saturated carbocycles. The first-order valence-corrected chi connectivity index (χ1v) is 5.28. The molecule has 0 aliphatic rings. The van der Waals surface area contributed by atoms with E-state index in [1.54, 1.807) is 6.20 Å². The average Bonchev–Trinajstić information content (AvgIpc) is 2.61. The monoisotopic (exact) mass is 284 g/mol. The molecule has 0 aliphatic carbocycles. The summed E-state index contributed by atoms with van der Waals surface area (Å²) in [6.45, 7) is 0.00193. The van der Waals surface area contributed by atoms with Crippen LogP contribution < -0.4 is 5.32 Å². The maximum Gasteiger partial charge on any atom is 0.251 e. The second-order valence-corrected chi connectivity index (χ2v) is 4.02. The van der Waals surface area contributed by atoms with Gasteiger partial charge in [-0.15, -0.1) is 0 Å². The first kappa shape index (κ1) is 11.0. The second kappa shape index (κ2) is 4.58. The van der Waals surface area contributed by atoms with Gasteiger partial charge in [-0.25, -0.2) is 4.98 Å². The lowest BCUT2D eigenvalue weighted by Crippen LogP contribution is -2.17. The summed E-state index contributed by atoms with van der Waals surface area (Å²) in [5.74, 6) is 0.277. The average molecular weight is 285 g/mol. The fraction of sp³-hybridized carbons (Fsp3) is 0.222. The van der Waals surface area contributed by atoms with Crippen molar-refractivity contribution in [2.45, 2.75) is 0 Å². The van der Waals surface area contributed by atoms with E-state index in [1.165, 1.54) is 7.11 Å². The number of nitrogens with one attached hydrogen (secondary N) is 2. The van der Waals surface area contributed by atoms with Gasteiger partial charge in [0.1, 0.15) is 12.4 Å². The van der Waals surface area contributed by atoms with Crippen molar-refractivity contribution >= 4 is 38.7 Å². The molecule has 0 bridgehead atoms. The number of aromatic amines is 1. The van der Waals surface area contributed by atoms with E-state index in [1.807, 2.05) is 6.07 Å². The van der Waals surface area contributed by atoms with Gasteiger partial charge in [0.25, 0.3) is 5.91 Å².